The van der Waals surface area contributed by atoms with Gasteiger partial charge in [-0.2, -0.15) is 0 Å². The highest BCUT2D eigenvalue weighted by molar-refractivity contribution is 6.35. The summed E-state index contributed by atoms with van der Waals surface area (Å²) in [5, 5.41) is 3.84. The summed E-state index contributed by atoms with van der Waals surface area (Å²) in [6, 6.07) is 10.9. The number of aryl methyl sites for hydroxylation is 2. The van der Waals surface area contributed by atoms with Gasteiger partial charge in [-0.1, -0.05) is 48.3 Å². The predicted octanol–water partition coefficient (Wildman–Crippen LogP) is 5.27. The Morgan fingerprint density at radius 1 is 1.26 bits per heavy atom. The number of carbonyl (C=O) groups excluding carboxylic acids is 1. The smallest absolute Gasteiger partial charge is 0.265 e. The van der Waals surface area contributed by atoms with Crippen LogP contribution < -0.4 is 10.1 Å². The number of amides is 1. The first kappa shape index (κ1) is 17.6. The topological polar surface area (TPSA) is 38.3 Å². The third kappa shape index (κ3) is 4.40. The van der Waals surface area contributed by atoms with Crippen molar-refractivity contribution >= 4 is 34.8 Å². The Labute approximate surface area is 146 Å². The van der Waals surface area contributed by atoms with Crippen LogP contribution in [0.15, 0.2) is 36.4 Å². The third-order valence-electron chi connectivity index (χ3n) is 3.56. The minimum absolute atomic E-state index is 0.222. The number of para-hydroxylation sites is 1. The van der Waals surface area contributed by atoms with Crippen LogP contribution in [-0.4, -0.2) is 12.0 Å². The lowest BCUT2D eigenvalue weighted by molar-refractivity contribution is -0.122. The number of hydrogen-bond donors (Lipinski definition) is 1. The number of hydrogen-bond acceptors (Lipinski definition) is 2. The summed E-state index contributed by atoms with van der Waals surface area (Å²) in [5.74, 6) is 0.208. The summed E-state index contributed by atoms with van der Waals surface area (Å²) < 4.78 is 5.64. The van der Waals surface area contributed by atoms with Crippen LogP contribution in [0, 0.1) is 6.92 Å². The summed E-state index contributed by atoms with van der Waals surface area (Å²) in [6.07, 6.45) is 0.160. The maximum absolute atomic E-state index is 12.4. The van der Waals surface area contributed by atoms with E-state index in [1.807, 2.05) is 25.1 Å². The quantitative estimate of drug-likeness (QED) is 0.796. The van der Waals surface area contributed by atoms with Crippen molar-refractivity contribution in [3.05, 3.63) is 57.6 Å². The lowest BCUT2D eigenvalue weighted by atomic mass is 10.1. The molecule has 1 N–H and O–H groups in total. The summed E-state index contributed by atoms with van der Waals surface area (Å²) in [4.78, 5) is 12.4. The number of ether oxygens (including phenoxy) is 1. The lowest BCUT2D eigenvalue weighted by Gasteiger charge is -2.18. The van der Waals surface area contributed by atoms with Gasteiger partial charge in [0.2, 0.25) is 0 Å². The van der Waals surface area contributed by atoms with Crippen molar-refractivity contribution in [2.45, 2.75) is 33.3 Å². The molecule has 122 valence electrons. The Bertz CT molecular complexity index is 716. The van der Waals surface area contributed by atoms with Crippen LogP contribution in [0.4, 0.5) is 5.69 Å². The summed E-state index contributed by atoms with van der Waals surface area (Å²) in [5.41, 5.74) is 2.96. The van der Waals surface area contributed by atoms with Crippen molar-refractivity contribution in [2.75, 3.05) is 5.32 Å². The molecule has 2 rings (SSSR count). The van der Waals surface area contributed by atoms with Gasteiger partial charge in [0, 0.05) is 10.7 Å². The molecule has 0 bridgehead atoms. The van der Waals surface area contributed by atoms with Crippen molar-refractivity contribution in [2.24, 2.45) is 0 Å². The molecule has 0 radical (unpaired) electrons. The first-order chi connectivity index (χ1) is 10.9. The highest BCUT2D eigenvalue weighted by Crippen LogP contribution is 2.28. The zero-order valence-electron chi connectivity index (χ0n) is 13.3. The van der Waals surface area contributed by atoms with Gasteiger partial charge in [-0.05, 0) is 49.6 Å². The zero-order valence-corrected chi connectivity index (χ0v) is 14.8. The number of anilines is 1. The first-order valence-corrected chi connectivity index (χ1v) is 8.19. The molecule has 0 spiro atoms. The maximum Gasteiger partial charge on any atom is 0.265 e. The van der Waals surface area contributed by atoms with Crippen LogP contribution in [0.3, 0.4) is 0 Å². The van der Waals surface area contributed by atoms with E-state index in [0.29, 0.717) is 15.8 Å². The Hall–Kier alpha value is -1.71. The van der Waals surface area contributed by atoms with E-state index in [0.717, 1.165) is 23.2 Å². The molecule has 0 aliphatic rings. The molecule has 0 saturated heterocycles. The molecule has 0 saturated carbocycles. The Kier molecular flexibility index (Phi) is 5.91. The molecule has 1 atom stereocenters. The molecule has 0 aromatic heterocycles. The van der Waals surface area contributed by atoms with E-state index in [4.69, 9.17) is 27.9 Å². The van der Waals surface area contributed by atoms with Gasteiger partial charge in [0.05, 0.1) is 5.02 Å². The fraction of sp³-hybridized carbons (Fsp3) is 0.278. The van der Waals surface area contributed by atoms with Crippen LogP contribution >= 0.6 is 23.2 Å². The molecule has 0 aliphatic heterocycles. The molecule has 0 unspecified atom stereocenters. The van der Waals surface area contributed by atoms with Gasteiger partial charge >= 0.3 is 0 Å². The van der Waals surface area contributed by atoms with E-state index >= 15 is 0 Å². The minimum Gasteiger partial charge on any atom is -0.479 e. The monoisotopic (exact) mass is 351 g/mol. The lowest BCUT2D eigenvalue weighted by Crippen LogP contribution is -2.30. The second kappa shape index (κ2) is 7.71. The van der Waals surface area contributed by atoms with Crippen LogP contribution in [-0.2, 0) is 11.2 Å². The summed E-state index contributed by atoms with van der Waals surface area (Å²) >= 11 is 11.9. The van der Waals surface area contributed by atoms with Gasteiger partial charge in [0.15, 0.2) is 6.10 Å². The largest absolute Gasteiger partial charge is 0.479 e. The van der Waals surface area contributed by atoms with Gasteiger partial charge in [0.25, 0.3) is 5.91 Å². The molecular weight excluding hydrogens is 333 g/mol. The molecule has 0 heterocycles. The average Bonchev–Trinajstić information content (AvgIpc) is 2.51. The van der Waals surface area contributed by atoms with E-state index in [9.17, 15) is 4.79 Å². The van der Waals surface area contributed by atoms with Crippen LogP contribution in [0.2, 0.25) is 10.0 Å². The number of nitrogens with one attached hydrogen (secondary N) is 1. The SMILES string of the molecule is CCc1cccc(C)c1NC(=O)[C@@H](C)Oc1ccc(Cl)cc1Cl. The molecule has 2 aromatic rings. The van der Waals surface area contributed by atoms with Crippen molar-refractivity contribution in [3.8, 4) is 5.75 Å². The van der Waals surface area contributed by atoms with E-state index in [1.165, 1.54) is 0 Å². The summed E-state index contributed by atoms with van der Waals surface area (Å²) in [7, 11) is 0. The van der Waals surface area contributed by atoms with Gasteiger partial charge in [-0.3, -0.25) is 4.79 Å². The van der Waals surface area contributed by atoms with E-state index in [2.05, 4.69) is 12.2 Å². The minimum atomic E-state index is -0.682. The highest BCUT2D eigenvalue weighted by atomic mass is 35.5. The fourth-order valence-corrected chi connectivity index (χ4v) is 2.69. The molecular formula is C18H19Cl2NO2. The third-order valence-corrected chi connectivity index (χ3v) is 4.09. The molecule has 0 aliphatic carbocycles. The Morgan fingerprint density at radius 3 is 2.65 bits per heavy atom. The number of rotatable bonds is 5. The standard InChI is InChI=1S/C18H19Cl2NO2/c1-4-13-7-5-6-11(2)17(13)21-18(22)12(3)23-16-9-8-14(19)10-15(16)20/h5-10,12H,4H2,1-3H3,(H,21,22)/t12-/m1/s1. The van der Waals surface area contributed by atoms with Crippen LogP contribution in [0.25, 0.3) is 0 Å². The second-order valence-corrected chi connectivity index (χ2v) is 6.13. The zero-order chi connectivity index (χ0) is 17.0. The molecule has 5 heteroatoms. The van der Waals surface area contributed by atoms with E-state index in [1.54, 1.807) is 25.1 Å². The van der Waals surface area contributed by atoms with Gasteiger partial charge in [-0.15, -0.1) is 0 Å². The Balaban J connectivity index is 2.12. The van der Waals surface area contributed by atoms with Gasteiger partial charge in [0.1, 0.15) is 5.75 Å². The van der Waals surface area contributed by atoms with Crippen molar-refractivity contribution in [1.29, 1.82) is 0 Å². The van der Waals surface area contributed by atoms with Crippen molar-refractivity contribution in [1.82, 2.24) is 0 Å². The Morgan fingerprint density at radius 2 is 2.00 bits per heavy atom. The second-order valence-electron chi connectivity index (χ2n) is 5.29. The van der Waals surface area contributed by atoms with Gasteiger partial charge in [-0.25, -0.2) is 0 Å². The average molecular weight is 352 g/mol. The van der Waals surface area contributed by atoms with Crippen molar-refractivity contribution in [3.63, 3.8) is 0 Å². The molecule has 23 heavy (non-hydrogen) atoms. The predicted molar refractivity (Wildman–Crippen MR) is 95.7 cm³/mol. The van der Waals surface area contributed by atoms with Crippen LogP contribution in [0.5, 0.6) is 5.75 Å². The molecule has 0 fully saturated rings. The maximum atomic E-state index is 12.4. The van der Waals surface area contributed by atoms with Crippen molar-refractivity contribution < 1.29 is 9.53 Å². The molecule has 1 amide bonds. The fourth-order valence-electron chi connectivity index (χ4n) is 2.24. The van der Waals surface area contributed by atoms with Gasteiger partial charge < -0.3 is 10.1 Å². The molecule has 3 nitrogen and oxygen atoms in total. The van der Waals surface area contributed by atoms with E-state index < -0.39 is 6.10 Å². The van der Waals surface area contributed by atoms with Crippen LogP contribution in [0.1, 0.15) is 25.0 Å². The number of carbonyl (C=O) groups is 1. The first-order valence-electron chi connectivity index (χ1n) is 7.43. The summed E-state index contributed by atoms with van der Waals surface area (Å²) in [6.45, 7) is 5.71. The molecule has 2 aromatic carbocycles. The normalized spacial score (nSPS) is 11.9. The number of halogens is 2. The highest BCUT2D eigenvalue weighted by Gasteiger charge is 2.18. The van der Waals surface area contributed by atoms with E-state index in [-0.39, 0.29) is 5.91 Å². The number of benzene rings is 2.